The van der Waals surface area contributed by atoms with Gasteiger partial charge in [-0.05, 0) is 61.8 Å². The van der Waals surface area contributed by atoms with E-state index in [0.29, 0.717) is 25.9 Å². The fourth-order valence-corrected chi connectivity index (χ4v) is 4.24. The number of nitrogens with zero attached hydrogens (tertiary/aromatic N) is 1. The quantitative estimate of drug-likeness (QED) is 0.319. The summed E-state index contributed by atoms with van der Waals surface area (Å²) < 4.78 is 0. The molecule has 0 aliphatic rings. The first kappa shape index (κ1) is 25.3. The van der Waals surface area contributed by atoms with Crippen molar-refractivity contribution in [1.29, 1.82) is 0 Å². The SMILES string of the molecule is CCCNC(=O)C(CC)N(Cc1ccc(C)cc1)C(=O)CCCSc1ccc(Cl)cc1. The van der Waals surface area contributed by atoms with Crippen molar-refractivity contribution in [1.82, 2.24) is 10.2 Å². The van der Waals surface area contributed by atoms with Crippen LogP contribution in [0.25, 0.3) is 0 Å². The number of hydrogen-bond donors (Lipinski definition) is 1. The summed E-state index contributed by atoms with van der Waals surface area (Å²) in [5, 5.41) is 3.68. The van der Waals surface area contributed by atoms with Crippen molar-refractivity contribution in [3.05, 3.63) is 64.7 Å². The Morgan fingerprint density at radius 1 is 1.06 bits per heavy atom. The second-order valence-corrected chi connectivity index (χ2v) is 9.23. The minimum atomic E-state index is -0.454. The van der Waals surface area contributed by atoms with Crippen LogP contribution in [0.5, 0.6) is 0 Å². The topological polar surface area (TPSA) is 49.4 Å². The highest BCUT2D eigenvalue weighted by atomic mass is 35.5. The van der Waals surface area contributed by atoms with Crippen LogP contribution in [0.4, 0.5) is 0 Å². The molecule has 1 unspecified atom stereocenters. The van der Waals surface area contributed by atoms with E-state index in [9.17, 15) is 9.59 Å². The number of rotatable bonds is 12. The molecule has 2 amide bonds. The predicted octanol–water partition coefficient (Wildman–Crippen LogP) is 5.85. The molecule has 0 radical (unpaired) electrons. The van der Waals surface area contributed by atoms with Gasteiger partial charge in [0.1, 0.15) is 6.04 Å². The van der Waals surface area contributed by atoms with Crippen molar-refractivity contribution < 1.29 is 9.59 Å². The van der Waals surface area contributed by atoms with Crippen molar-refractivity contribution in [3.8, 4) is 0 Å². The Morgan fingerprint density at radius 2 is 1.74 bits per heavy atom. The molecular formula is C25H33ClN2O2S. The fourth-order valence-electron chi connectivity index (χ4n) is 3.26. The van der Waals surface area contributed by atoms with Crippen molar-refractivity contribution >= 4 is 35.2 Å². The van der Waals surface area contributed by atoms with E-state index in [1.807, 2.05) is 69.3 Å². The van der Waals surface area contributed by atoms with Gasteiger partial charge in [0.25, 0.3) is 0 Å². The summed E-state index contributed by atoms with van der Waals surface area (Å²) in [5.74, 6) is 0.793. The van der Waals surface area contributed by atoms with E-state index in [2.05, 4.69) is 5.32 Å². The molecule has 1 N–H and O–H groups in total. The zero-order valence-corrected chi connectivity index (χ0v) is 20.3. The zero-order valence-electron chi connectivity index (χ0n) is 18.7. The van der Waals surface area contributed by atoms with Crippen LogP contribution < -0.4 is 5.32 Å². The summed E-state index contributed by atoms with van der Waals surface area (Å²) >= 11 is 7.64. The maximum absolute atomic E-state index is 13.2. The molecule has 6 heteroatoms. The Hall–Kier alpha value is -1.98. The van der Waals surface area contributed by atoms with Crippen LogP contribution in [0, 0.1) is 6.92 Å². The van der Waals surface area contributed by atoms with Crippen LogP contribution in [-0.4, -0.2) is 35.1 Å². The number of amides is 2. The molecule has 2 aromatic carbocycles. The standard InChI is InChI=1S/C25H33ClN2O2S/c1-4-16-27-25(30)23(5-2)28(18-20-10-8-19(3)9-11-20)24(29)7-6-17-31-22-14-12-21(26)13-15-22/h8-15,23H,4-7,16-18H2,1-3H3,(H,27,30). The highest BCUT2D eigenvalue weighted by Crippen LogP contribution is 2.22. The molecule has 0 heterocycles. The Morgan fingerprint density at radius 3 is 2.35 bits per heavy atom. The molecule has 0 fully saturated rings. The van der Waals surface area contributed by atoms with Crippen LogP contribution in [0.1, 0.15) is 50.7 Å². The van der Waals surface area contributed by atoms with Gasteiger partial charge >= 0.3 is 0 Å². The third-order valence-corrected chi connectivity index (χ3v) is 6.38. The number of benzene rings is 2. The monoisotopic (exact) mass is 460 g/mol. The summed E-state index contributed by atoms with van der Waals surface area (Å²) in [7, 11) is 0. The number of aryl methyl sites for hydroxylation is 1. The summed E-state index contributed by atoms with van der Waals surface area (Å²) in [5.41, 5.74) is 2.21. The minimum absolute atomic E-state index is 0.0239. The van der Waals surface area contributed by atoms with E-state index in [-0.39, 0.29) is 11.8 Å². The fraction of sp³-hybridized carbons (Fsp3) is 0.440. The molecule has 2 rings (SSSR count). The van der Waals surface area contributed by atoms with Crippen molar-refractivity contribution in [2.75, 3.05) is 12.3 Å². The summed E-state index contributed by atoms with van der Waals surface area (Å²) in [6.45, 7) is 7.09. The number of nitrogens with one attached hydrogen (secondary N) is 1. The lowest BCUT2D eigenvalue weighted by Gasteiger charge is -2.30. The third-order valence-electron chi connectivity index (χ3n) is 5.03. The van der Waals surface area contributed by atoms with Crippen molar-refractivity contribution in [3.63, 3.8) is 0 Å². The third kappa shape index (κ3) is 8.58. The number of thioether (sulfide) groups is 1. The molecule has 2 aromatic rings. The van der Waals surface area contributed by atoms with Crippen LogP contribution in [0.15, 0.2) is 53.4 Å². The average Bonchev–Trinajstić information content (AvgIpc) is 2.77. The molecule has 0 spiro atoms. The summed E-state index contributed by atoms with van der Waals surface area (Å²) in [4.78, 5) is 28.8. The molecule has 31 heavy (non-hydrogen) atoms. The number of carbonyl (C=O) groups is 2. The van der Waals surface area contributed by atoms with Crippen LogP contribution >= 0.6 is 23.4 Å². The van der Waals surface area contributed by atoms with Crippen LogP contribution in [0.2, 0.25) is 5.02 Å². The molecule has 1 atom stereocenters. The Labute approximate surface area is 195 Å². The van der Waals surface area contributed by atoms with Gasteiger partial charge < -0.3 is 10.2 Å². The molecule has 0 saturated carbocycles. The maximum atomic E-state index is 13.2. The van der Waals surface area contributed by atoms with Gasteiger partial charge in [-0.3, -0.25) is 9.59 Å². The first-order valence-electron chi connectivity index (χ1n) is 11.0. The molecule has 168 valence electrons. The second kappa shape index (κ2) is 13.4. The summed E-state index contributed by atoms with van der Waals surface area (Å²) in [6.07, 6.45) is 2.64. The number of halogens is 1. The molecular weight excluding hydrogens is 428 g/mol. The minimum Gasteiger partial charge on any atom is -0.354 e. The smallest absolute Gasteiger partial charge is 0.242 e. The van der Waals surface area contributed by atoms with Gasteiger partial charge in [0.2, 0.25) is 11.8 Å². The van der Waals surface area contributed by atoms with E-state index in [4.69, 9.17) is 11.6 Å². The maximum Gasteiger partial charge on any atom is 0.242 e. The number of carbonyl (C=O) groups excluding carboxylic acids is 2. The lowest BCUT2D eigenvalue weighted by atomic mass is 10.1. The van der Waals surface area contributed by atoms with Crippen molar-refractivity contribution in [2.45, 2.75) is 63.9 Å². The van der Waals surface area contributed by atoms with Gasteiger partial charge in [0.05, 0.1) is 0 Å². The molecule has 4 nitrogen and oxygen atoms in total. The molecule has 0 bridgehead atoms. The Kier molecular flexibility index (Phi) is 11.0. The first-order valence-corrected chi connectivity index (χ1v) is 12.3. The Balaban J connectivity index is 2.02. The Bertz CT molecular complexity index is 824. The van der Waals surface area contributed by atoms with Gasteiger partial charge in [-0.25, -0.2) is 0 Å². The zero-order chi connectivity index (χ0) is 22.6. The normalized spacial score (nSPS) is 11.7. The van der Waals surface area contributed by atoms with E-state index in [0.717, 1.165) is 34.1 Å². The molecule has 0 aliphatic carbocycles. The highest BCUT2D eigenvalue weighted by molar-refractivity contribution is 7.99. The summed E-state index contributed by atoms with van der Waals surface area (Å²) in [6, 6.07) is 15.4. The van der Waals surface area contributed by atoms with E-state index in [1.165, 1.54) is 5.56 Å². The lowest BCUT2D eigenvalue weighted by molar-refractivity contribution is -0.141. The van der Waals surface area contributed by atoms with Gasteiger partial charge in [0.15, 0.2) is 0 Å². The van der Waals surface area contributed by atoms with Gasteiger partial charge in [-0.1, -0.05) is 55.3 Å². The largest absolute Gasteiger partial charge is 0.354 e. The first-order chi connectivity index (χ1) is 14.9. The van der Waals surface area contributed by atoms with Gasteiger partial charge in [0, 0.05) is 29.4 Å². The van der Waals surface area contributed by atoms with Crippen molar-refractivity contribution in [2.24, 2.45) is 0 Å². The van der Waals surface area contributed by atoms with E-state index < -0.39 is 6.04 Å². The van der Waals surface area contributed by atoms with Gasteiger partial charge in [-0.2, -0.15) is 0 Å². The molecule has 0 aromatic heterocycles. The second-order valence-electron chi connectivity index (χ2n) is 7.63. The van der Waals surface area contributed by atoms with Crippen LogP contribution in [0.3, 0.4) is 0 Å². The lowest BCUT2D eigenvalue weighted by Crippen LogP contribution is -2.49. The predicted molar refractivity (Wildman–Crippen MR) is 131 cm³/mol. The van der Waals surface area contributed by atoms with E-state index in [1.54, 1.807) is 16.7 Å². The number of hydrogen-bond acceptors (Lipinski definition) is 3. The molecule has 0 aliphatic heterocycles. The average molecular weight is 461 g/mol. The van der Waals surface area contributed by atoms with E-state index >= 15 is 0 Å². The van der Waals surface area contributed by atoms with Crippen LogP contribution in [-0.2, 0) is 16.1 Å². The van der Waals surface area contributed by atoms with Gasteiger partial charge in [-0.15, -0.1) is 11.8 Å². The highest BCUT2D eigenvalue weighted by Gasteiger charge is 2.28. The molecule has 0 saturated heterocycles.